The van der Waals surface area contributed by atoms with E-state index in [9.17, 15) is 4.57 Å². The van der Waals surface area contributed by atoms with E-state index in [2.05, 4.69) is 16.3 Å². The van der Waals surface area contributed by atoms with Gasteiger partial charge in [-0.15, -0.1) is 0 Å². The SMILES string of the molecule is CCCCN(CCOP(=O)(O)O)C1CCC1. The molecule has 1 rings (SSSR count). The fraction of sp³-hybridized carbons (Fsp3) is 1.00. The number of phosphoric ester groups is 1. The van der Waals surface area contributed by atoms with Gasteiger partial charge in [-0.1, -0.05) is 19.8 Å². The van der Waals surface area contributed by atoms with Gasteiger partial charge in [0.15, 0.2) is 0 Å². The molecule has 0 aromatic heterocycles. The highest BCUT2D eigenvalue weighted by Crippen LogP contribution is 2.35. The van der Waals surface area contributed by atoms with Crippen molar-refractivity contribution in [2.45, 2.75) is 45.1 Å². The van der Waals surface area contributed by atoms with Gasteiger partial charge >= 0.3 is 7.82 Å². The third-order valence-corrected chi connectivity index (χ3v) is 3.55. The number of rotatable bonds is 8. The van der Waals surface area contributed by atoms with E-state index in [0.29, 0.717) is 12.6 Å². The first-order valence-corrected chi connectivity index (χ1v) is 7.50. The van der Waals surface area contributed by atoms with Gasteiger partial charge in [-0.05, 0) is 25.8 Å². The molecular formula is C10H22NO4P. The normalized spacial score (nSPS) is 17.8. The zero-order valence-electron chi connectivity index (χ0n) is 9.84. The Kier molecular flexibility index (Phi) is 5.94. The van der Waals surface area contributed by atoms with E-state index in [1.807, 2.05) is 0 Å². The van der Waals surface area contributed by atoms with Crippen molar-refractivity contribution in [2.75, 3.05) is 19.7 Å². The van der Waals surface area contributed by atoms with Crippen LogP contribution in [0.15, 0.2) is 0 Å². The van der Waals surface area contributed by atoms with Gasteiger partial charge in [-0.2, -0.15) is 0 Å². The third-order valence-electron chi connectivity index (χ3n) is 3.03. The Hall–Kier alpha value is 0.0700. The number of phosphoric acid groups is 1. The quantitative estimate of drug-likeness (QED) is 0.643. The summed E-state index contributed by atoms with van der Waals surface area (Å²) in [5.74, 6) is 0. The maximum Gasteiger partial charge on any atom is 0.469 e. The molecule has 16 heavy (non-hydrogen) atoms. The van der Waals surface area contributed by atoms with Crippen LogP contribution >= 0.6 is 7.82 Å². The molecule has 0 radical (unpaired) electrons. The minimum absolute atomic E-state index is 0.116. The lowest BCUT2D eigenvalue weighted by Gasteiger charge is -2.37. The molecule has 5 nitrogen and oxygen atoms in total. The van der Waals surface area contributed by atoms with Crippen molar-refractivity contribution in [3.8, 4) is 0 Å². The lowest BCUT2D eigenvalue weighted by molar-refractivity contribution is 0.0947. The molecule has 1 fully saturated rings. The van der Waals surface area contributed by atoms with Crippen molar-refractivity contribution in [1.29, 1.82) is 0 Å². The zero-order valence-corrected chi connectivity index (χ0v) is 10.7. The second-order valence-corrected chi connectivity index (χ2v) is 5.54. The van der Waals surface area contributed by atoms with Crippen molar-refractivity contribution in [3.05, 3.63) is 0 Å². The Labute approximate surface area is 97.0 Å². The summed E-state index contributed by atoms with van der Waals surface area (Å²) in [7, 11) is -4.30. The Balaban J connectivity index is 2.23. The molecule has 6 heteroatoms. The molecule has 1 aliphatic rings. The van der Waals surface area contributed by atoms with Gasteiger partial charge in [0.25, 0.3) is 0 Å². The summed E-state index contributed by atoms with van der Waals surface area (Å²) in [5, 5.41) is 0. The topological polar surface area (TPSA) is 70.0 Å². The molecule has 1 saturated carbocycles. The van der Waals surface area contributed by atoms with Gasteiger partial charge in [0.2, 0.25) is 0 Å². The molecule has 0 atom stereocenters. The predicted molar refractivity (Wildman–Crippen MR) is 62.1 cm³/mol. The molecule has 0 saturated heterocycles. The van der Waals surface area contributed by atoms with Crippen LogP contribution in [0.3, 0.4) is 0 Å². The number of unbranched alkanes of at least 4 members (excludes halogenated alkanes) is 1. The summed E-state index contributed by atoms with van der Waals surface area (Å²) in [4.78, 5) is 19.5. The lowest BCUT2D eigenvalue weighted by atomic mass is 9.91. The molecule has 0 spiro atoms. The molecular weight excluding hydrogens is 229 g/mol. The van der Waals surface area contributed by atoms with Gasteiger partial charge < -0.3 is 9.79 Å². The third kappa shape index (κ3) is 5.41. The monoisotopic (exact) mass is 251 g/mol. The molecule has 1 aliphatic carbocycles. The summed E-state index contributed by atoms with van der Waals surface area (Å²) in [6, 6.07) is 0.604. The van der Waals surface area contributed by atoms with Crippen LogP contribution in [0.25, 0.3) is 0 Å². The smallest absolute Gasteiger partial charge is 0.303 e. The van der Waals surface area contributed by atoms with Crippen LogP contribution in [0.2, 0.25) is 0 Å². The van der Waals surface area contributed by atoms with Gasteiger partial charge in [0.1, 0.15) is 0 Å². The van der Waals surface area contributed by atoms with E-state index in [1.54, 1.807) is 0 Å². The highest BCUT2D eigenvalue weighted by atomic mass is 31.2. The van der Waals surface area contributed by atoms with Crippen molar-refractivity contribution in [2.24, 2.45) is 0 Å². The Morgan fingerprint density at radius 1 is 1.38 bits per heavy atom. The fourth-order valence-electron chi connectivity index (χ4n) is 1.87. The number of hydrogen-bond donors (Lipinski definition) is 2. The average Bonchev–Trinajstić information content (AvgIpc) is 2.08. The first kappa shape index (κ1) is 14.1. The van der Waals surface area contributed by atoms with Crippen molar-refractivity contribution in [1.82, 2.24) is 4.90 Å². The largest absolute Gasteiger partial charge is 0.469 e. The maximum atomic E-state index is 10.5. The standard InChI is InChI=1S/C10H22NO4P/c1-2-3-7-11(10-5-4-6-10)8-9-15-16(12,13)14/h10H,2-9H2,1H3,(H2,12,13,14). The summed E-state index contributed by atoms with van der Waals surface area (Å²) in [6.45, 7) is 3.89. The summed E-state index contributed by atoms with van der Waals surface area (Å²) in [6.07, 6.45) is 5.96. The highest BCUT2D eigenvalue weighted by molar-refractivity contribution is 7.46. The van der Waals surface area contributed by atoms with E-state index >= 15 is 0 Å². The fourth-order valence-corrected chi connectivity index (χ4v) is 2.19. The Morgan fingerprint density at radius 3 is 2.50 bits per heavy atom. The van der Waals surface area contributed by atoms with Crippen molar-refractivity contribution >= 4 is 7.82 Å². The van der Waals surface area contributed by atoms with E-state index in [0.717, 1.165) is 19.4 Å². The average molecular weight is 251 g/mol. The minimum Gasteiger partial charge on any atom is -0.303 e. The highest BCUT2D eigenvalue weighted by Gasteiger charge is 2.24. The van der Waals surface area contributed by atoms with Gasteiger partial charge in [0, 0.05) is 12.6 Å². The van der Waals surface area contributed by atoms with E-state index in [1.165, 1.54) is 19.3 Å². The van der Waals surface area contributed by atoms with E-state index < -0.39 is 7.82 Å². The number of hydrogen-bond acceptors (Lipinski definition) is 3. The molecule has 0 aromatic rings. The van der Waals surface area contributed by atoms with Gasteiger partial charge in [0.05, 0.1) is 6.61 Å². The summed E-state index contributed by atoms with van der Waals surface area (Å²) >= 11 is 0. The molecule has 0 bridgehead atoms. The molecule has 0 unspecified atom stereocenters. The van der Waals surface area contributed by atoms with Gasteiger partial charge in [-0.3, -0.25) is 9.42 Å². The van der Waals surface area contributed by atoms with Crippen LogP contribution < -0.4 is 0 Å². The second kappa shape index (κ2) is 6.72. The lowest BCUT2D eigenvalue weighted by Crippen LogP contribution is -2.42. The second-order valence-electron chi connectivity index (χ2n) is 4.30. The minimum atomic E-state index is -4.30. The van der Waals surface area contributed by atoms with Crippen LogP contribution in [-0.2, 0) is 9.09 Å². The summed E-state index contributed by atoms with van der Waals surface area (Å²) < 4.78 is 15.0. The van der Waals surface area contributed by atoms with Crippen molar-refractivity contribution < 1.29 is 18.9 Å². The molecule has 2 N–H and O–H groups in total. The van der Waals surface area contributed by atoms with Crippen LogP contribution in [0.4, 0.5) is 0 Å². The maximum absolute atomic E-state index is 10.5. The van der Waals surface area contributed by atoms with Crippen LogP contribution in [0.5, 0.6) is 0 Å². The molecule has 0 aromatic carbocycles. The molecule has 0 aliphatic heterocycles. The first-order valence-electron chi connectivity index (χ1n) is 5.97. The predicted octanol–water partition coefficient (Wildman–Crippen LogP) is 1.75. The first-order chi connectivity index (χ1) is 7.53. The zero-order chi connectivity index (χ0) is 12.0. The number of nitrogens with zero attached hydrogens (tertiary/aromatic N) is 1. The van der Waals surface area contributed by atoms with Gasteiger partial charge in [-0.25, -0.2) is 4.57 Å². The van der Waals surface area contributed by atoms with E-state index in [4.69, 9.17) is 9.79 Å². The van der Waals surface area contributed by atoms with Crippen LogP contribution in [0.1, 0.15) is 39.0 Å². The Morgan fingerprint density at radius 2 is 2.06 bits per heavy atom. The molecule has 96 valence electrons. The molecule has 0 heterocycles. The Bertz CT molecular complexity index is 239. The molecule has 0 amide bonds. The van der Waals surface area contributed by atoms with Crippen molar-refractivity contribution in [3.63, 3.8) is 0 Å². The van der Waals surface area contributed by atoms with Crippen LogP contribution in [-0.4, -0.2) is 40.4 Å². The van der Waals surface area contributed by atoms with Crippen LogP contribution in [0, 0.1) is 0 Å². The summed E-state index contributed by atoms with van der Waals surface area (Å²) in [5.41, 5.74) is 0. The van der Waals surface area contributed by atoms with E-state index in [-0.39, 0.29) is 6.61 Å².